The van der Waals surface area contributed by atoms with E-state index >= 15 is 0 Å². The van der Waals surface area contributed by atoms with Gasteiger partial charge in [-0.15, -0.1) is 0 Å². The third-order valence-electron chi connectivity index (χ3n) is 3.01. The van der Waals surface area contributed by atoms with Crippen LogP contribution in [0.15, 0.2) is 59.6 Å². The molecule has 1 atom stereocenters. The molecule has 0 bridgehead atoms. The maximum absolute atomic E-state index is 5.81. The van der Waals surface area contributed by atoms with Crippen LogP contribution in [0.5, 0.6) is 11.5 Å². The molecule has 1 unspecified atom stereocenters. The SMILES string of the molecule is NC1=NCC(c2cccc(Oc3ccccc3)c2)N1. The summed E-state index contributed by atoms with van der Waals surface area (Å²) in [5, 5.41) is 3.13. The van der Waals surface area contributed by atoms with Gasteiger partial charge in [-0.25, -0.2) is 0 Å². The number of benzene rings is 2. The van der Waals surface area contributed by atoms with Crippen LogP contribution in [-0.4, -0.2) is 12.5 Å². The van der Waals surface area contributed by atoms with Crippen LogP contribution >= 0.6 is 0 Å². The van der Waals surface area contributed by atoms with Crippen molar-refractivity contribution in [2.45, 2.75) is 6.04 Å². The molecule has 0 fully saturated rings. The fraction of sp³-hybridized carbons (Fsp3) is 0.133. The number of nitrogens with one attached hydrogen (secondary N) is 1. The second-order valence-corrected chi connectivity index (χ2v) is 4.41. The van der Waals surface area contributed by atoms with Crippen LogP contribution in [0, 0.1) is 0 Å². The molecule has 0 saturated carbocycles. The van der Waals surface area contributed by atoms with Crippen LogP contribution < -0.4 is 15.8 Å². The van der Waals surface area contributed by atoms with E-state index in [4.69, 9.17) is 10.5 Å². The lowest BCUT2D eigenvalue weighted by atomic mass is 10.1. The average Bonchev–Trinajstić information content (AvgIpc) is 2.87. The monoisotopic (exact) mass is 253 g/mol. The van der Waals surface area contributed by atoms with Gasteiger partial charge < -0.3 is 15.8 Å². The van der Waals surface area contributed by atoms with Gasteiger partial charge in [-0.2, -0.15) is 0 Å². The Labute approximate surface area is 111 Å². The molecule has 0 saturated heterocycles. The predicted octanol–water partition coefficient (Wildman–Crippen LogP) is 2.44. The van der Waals surface area contributed by atoms with E-state index in [1.807, 2.05) is 54.6 Å². The van der Waals surface area contributed by atoms with E-state index in [0.717, 1.165) is 17.1 Å². The Balaban J connectivity index is 1.77. The molecule has 0 radical (unpaired) electrons. The third-order valence-corrected chi connectivity index (χ3v) is 3.01. The van der Waals surface area contributed by atoms with Gasteiger partial charge >= 0.3 is 0 Å². The highest BCUT2D eigenvalue weighted by atomic mass is 16.5. The van der Waals surface area contributed by atoms with E-state index in [9.17, 15) is 0 Å². The molecule has 2 aromatic carbocycles. The number of para-hydroxylation sites is 1. The van der Waals surface area contributed by atoms with Gasteiger partial charge in [0.1, 0.15) is 11.5 Å². The van der Waals surface area contributed by atoms with Crippen molar-refractivity contribution in [3.05, 3.63) is 60.2 Å². The zero-order valence-corrected chi connectivity index (χ0v) is 10.4. The molecule has 0 spiro atoms. The van der Waals surface area contributed by atoms with Crippen LogP contribution in [0.3, 0.4) is 0 Å². The van der Waals surface area contributed by atoms with Gasteiger partial charge in [-0.1, -0.05) is 30.3 Å². The van der Waals surface area contributed by atoms with Crippen LogP contribution in [-0.2, 0) is 0 Å². The lowest BCUT2D eigenvalue weighted by molar-refractivity contribution is 0.481. The Bertz CT molecular complexity index is 595. The first-order valence-electron chi connectivity index (χ1n) is 6.20. The number of hydrogen-bond donors (Lipinski definition) is 2. The number of aliphatic imine (C=N–C) groups is 1. The number of nitrogens with two attached hydrogens (primary N) is 1. The topological polar surface area (TPSA) is 59.6 Å². The number of hydrogen-bond acceptors (Lipinski definition) is 4. The highest BCUT2D eigenvalue weighted by Gasteiger charge is 2.17. The fourth-order valence-electron chi connectivity index (χ4n) is 2.07. The largest absolute Gasteiger partial charge is 0.457 e. The molecule has 19 heavy (non-hydrogen) atoms. The lowest BCUT2D eigenvalue weighted by Gasteiger charge is -2.13. The van der Waals surface area contributed by atoms with E-state index in [2.05, 4.69) is 10.3 Å². The second kappa shape index (κ2) is 5.02. The lowest BCUT2D eigenvalue weighted by Crippen LogP contribution is -2.29. The predicted molar refractivity (Wildman–Crippen MR) is 75.3 cm³/mol. The smallest absolute Gasteiger partial charge is 0.189 e. The highest BCUT2D eigenvalue weighted by Crippen LogP contribution is 2.25. The van der Waals surface area contributed by atoms with Crippen molar-refractivity contribution in [3.8, 4) is 11.5 Å². The molecule has 1 aliphatic rings. The quantitative estimate of drug-likeness (QED) is 0.883. The average molecular weight is 253 g/mol. The van der Waals surface area contributed by atoms with Crippen molar-refractivity contribution >= 4 is 5.96 Å². The number of ether oxygens (including phenoxy) is 1. The van der Waals surface area contributed by atoms with E-state index in [1.54, 1.807) is 0 Å². The summed E-state index contributed by atoms with van der Waals surface area (Å²) in [5.74, 6) is 2.14. The van der Waals surface area contributed by atoms with Gasteiger partial charge in [-0.05, 0) is 29.8 Å². The highest BCUT2D eigenvalue weighted by molar-refractivity contribution is 5.80. The molecular weight excluding hydrogens is 238 g/mol. The zero-order chi connectivity index (χ0) is 13.1. The second-order valence-electron chi connectivity index (χ2n) is 4.41. The standard InChI is InChI=1S/C15H15N3O/c16-15-17-10-14(18-15)11-5-4-8-13(9-11)19-12-6-2-1-3-7-12/h1-9,14H,10H2,(H3,16,17,18). The van der Waals surface area contributed by atoms with Gasteiger partial charge in [0.15, 0.2) is 5.96 Å². The van der Waals surface area contributed by atoms with Gasteiger partial charge in [0.2, 0.25) is 0 Å². The summed E-state index contributed by atoms with van der Waals surface area (Å²) in [7, 11) is 0. The van der Waals surface area contributed by atoms with Gasteiger partial charge in [0, 0.05) is 0 Å². The maximum atomic E-state index is 5.81. The Morgan fingerprint density at radius 3 is 2.58 bits per heavy atom. The third kappa shape index (κ3) is 2.68. The molecular formula is C15H15N3O. The Hall–Kier alpha value is -2.49. The van der Waals surface area contributed by atoms with Crippen LogP contribution in [0.1, 0.15) is 11.6 Å². The molecule has 3 N–H and O–H groups in total. The first-order chi connectivity index (χ1) is 9.31. The zero-order valence-electron chi connectivity index (χ0n) is 10.4. The fourth-order valence-corrected chi connectivity index (χ4v) is 2.07. The summed E-state index contributed by atoms with van der Waals surface area (Å²) >= 11 is 0. The van der Waals surface area contributed by atoms with E-state index in [-0.39, 0.29) is 6.04 Å². The molecule has 3 rings (SSSR count). The summed E-state index contributed by atoms with van der Waals surface area (Å²) in [5.41, 5.74) is 6.75. The van der Waals surface area contributed by atoms with Crippen LogP contribution in [0.25, 0.3) is 0 Å². The minimum Gasteiger partial charge on any atom is -0.457 e. The van der Waals surface area contributed by atoms with Crippen LogP contribution in [0.2, 0.25) is 0 Å². The first kappa shape index (κ1) is 11.6. The Morgan fingerprint density at radius 1 is 1.05 bits per heavy atom. The summed E-state index contributed by atoms with van der Waals surface area (Å²) in [6, 6.07) is 17.8. The molecule has 1 heterocycles. The van der Waals surface area contributed by atoms with Crippen molar-refractivity contribution < 1.29 is 4.74 Å². The van der Waals surface area contributed by atoms with Crippen molar-refractivity contribution in [1.29, 1.82) is 0 Å². The van der Waals surface area contributed by atoms with E-state index < -0.39 is 0 Å². The first-order valence-corrected chi connectivity index (χ1v) is 6.20. The molecule has 1 aliphatic heterocycles. The van der Waals surface area contributed by atoms with Gasteiger partial charge in [-0.3, -0.25) is 4.99 Å². The Morgan fingerprint density at radius 2 is 1.84 bits per heavy atom. The molecule has 0 aromatic heterocycles. The summed E-state index contributed by atoms with van der Waals surface area (Å²) in [6.45, 7) is 0.667. The van der Waals surface area contributed by atoms with E-state index in [0.29, 0.717) is 12.5 Å². The minimum atomic E-state index is 0.138. The van der Waals surface area contributed by atoms with Crippen molar-refractivity contribution in [2.75, 3.05) is 6.54 Å². The molecule has 2 aromatic rings. The summed E-state index contributed by atoms with van der Waals surface area (Å²) in [4.78, 5) is 4.15. The minimum absolute atomic E-state index is 0.138. The maximum Gasteiger partial charge on any atom is 0.189 e. The molecule has 0 amide bonds. The van der Waals surface area contributed by atoms with E-state index in [1.165, 1.54) is 0 Å². The Kier molecular flexibility index (Phi) is 3.06. The number of rotatable bonds is 3. The van der Waals surface area contributed by atoms with Crippen molar-refractivity contribution in [3.63, 3.8) is 0 Å². The van der Waals surface area contributed by atoms with Crippen LogP contribution in [0.4, 0.5) is 0 Å². The molecule has 4 nitrogen and oxygen atoms in total. The summed E-state index contributed by atoms with van der Waals surface area (Å²) < 4.78 is 5.81. The van der Waals surface area contributed by atoms with Gasteiger partial charge in [0.05, 0.1) is 12.6 Å². The number of guanidine groups is 1. The number of nitrogens with zero attached hydrogens (tertiary/aromatic N) is 1. The molecule has 0 aliphatic carbocycles. The van der Waals surface area contributed by atoms with Crippen molar-refractivity contribution in [1.82, 2.24) is 5.32 Å². The van der Waals surface area contributed by atoms with Gasteiger partial charge in [0.25, 0.3) is 0 Å². The summed E-state index contributed by atoms with van der Waals surface area (Å²) in [6.07, 6.45) is 0. The molecule has 96 valence electrons. The molecule has 4 heteroatoms. The van der Waals surface area contributed by atoms with Crippen molar-refractivity contribution in [2.24, 2.45) is 10.7 Å². The normalized spacial score (nSPS) is 17.7.